The van der Waals surface area contributed by atoms with Gasteiger partial charge in [0.05, 0.1) is 6.54 Å². The molecule has 1 aromatic heterocycles. The van der Waals surface area contributed by atoms with Gasteiger partial charge in [-0.1, -0.05) is 6.07 Å². The van der Waals surface area contributed by atoms with Crippen LogP contribution in [0.15, 0.2) is 30.6 Å². The molecular formula is C15H18N4O. The van der Waals surface area contributed by atoms with Crippen molar-refractivity contribution in [3.63, 3.8) is 0 Å². The lowest BCUT2D eigenvalue weighted by Crippen LogP contribution is -2.26. The Kier molecular flexibility index (Phi) is 3.52. The SMILES string of the molecule is Cn1ccnc1CNC(=O)c1ccc2c(c1)CCNC2. The van der Waals surface area contributed by atoms with Crippen LogP contribution in [0.4, 0.5) is 0 Å². The third-order valence-electron chi connectivity index (χ3n) is 3.68. The van der Waals surface area contributed by atoms with Gasteiger partial charge in [-0.25, -0.2) is 4.98 Å². The molecule has 104 valence electrons. The summed E-state index contributed by atoms with van der Waals surface area (Å²) in [7, 11) is 1.92. The molecule has 1 aromatic carbocycles. The van der Waals surface area contributed by atoms with Crippen molar-refractivity contribution in [2.24, 2.45) is 7.05 Å². The number of fused-ring (bicyclic) bond motifs is 1. The Morgan fingerprint density at radius 2 is 2.35 bits per heavy atom. The van der Waals surface area contributed by atoms with Crippen LogP contribution in [-0.4, -0.2) is 22.0 Å². The largest absolute Gasteiger partial charge is 0.345 e. The highest BCUT2D eigenvalue weighted by atomic mass is 16.1. The molecule has 2 heterocycles. The average molecular weight is 270 g/mol. The van der Waals surface area contributed by atoms with Crippen molar-refractivity contribution < 1.29 is 4.79 Å². The first kappa shape index (κ1) is 12.9. The van der Waals surface area contributed by atoms with Gasteiger partial charge in [0.15, 0.2) is 0 Å². The molecule has 0 saturated carbocycles. The molecule has 0 radical (unpaired) electrons. The topological polar surface area (TPSA) is 59.0 Å². The molecule has 1 amide bonds. The highest BCUT2D eigenvalue weighted by Gasteiger charge is 2.12. The van der Waals surface area contributed by atoms with E-state index in [4.69, 9.17) is 0 Å². The Balaban J connectivity index is 1.69. The number of nitrogens with zero attached hydrogens (tertiary/aromatic N) is 2. The standard InChI is InChI=1S/C15H18N4O/c1-19-7-6-17-14(19)10-18-15(20)12-2-3-13-9-16-5-4-11(13)8-12/h2-3,6-8,16H,4-5,9-10H2,1H3,(H,18,20). The molecule has 2 N–H and O–H groups in total. The number of aromatic nitrogens is 2. The van der Waals surface area contributed by atoms with E-state index in [1.807, 2.05) is 36.0 Å². The molecule has 1 aliphatic rings. The summed E-state index contributed by atoms with van der Waals surface area (Å²) in [5.41, 5.74) is 3.28. The fraction of sp³-hybridized carbons (Fsp3) is 0.333. The van der Waals surface area contributed by atoms with Gasteiger partial charge in [0, 0.05) is 31.5 Å². The number of aryl methyl sites for hydroxylation is 1. The number of amides is 1. The number of hydrogen-bond acceptors (Lipinski definition) is 3. The molecular weight excluding hydrogens is 252 g/mol. The van der Waals surface area contributed by atoms with E-state index in [0.717, 1.165) is 30.9 Å². The Labute approximate surface area is 118 Å². The zero-order chi connectivity index (χ0) is 13.9. The van der Waals surface area contributed by atoms with Gasteiger partial charge in [-0.05, 0) is 36.2 Å². The van der Waals surface area contributed by atoms with E-state index in [9.17, 15) is 4.79 Å². The Hall–Kier alpha value is -2.14. The molecule has 0 atom stereocenters. The van der Waals surface area contributed by atoms with Crippen molar-refractivity contribution in [3.05, 3.63) is 53.1 Å². The van der Waals surface area contributed by atoms with E-state index in [2.05, 4.69) is 15.6 Å². The van der Waals surface area contributed by atoms with Gasteiger partial charge in [0.25, 0.3) is 5.91 Å². The monoisotopic (exact) mass is 270 g/mol. The maximum absolute atomic E-state index is 12.2. The van der Waals surface area contributed by atoms with Gasteiger partial charge in [0.2, 0.25) is 0 Å². The Morgan fingerprint density at radius 1 is 1.45 bits per heavy atom. The summed E-state index contributed by atoms with van der Waals surface area (Å²) in [4.78, 5) is 16.4. The van der Waals surface area contributed by atoms with Crippen LogP contribution in [0.5, 0.6) is 0 Å². The summed E-state index contributed by atoms with van der Waals surface area (Å²) in [5, 5.41) is 6.24. The van der Waals surface area contributed by atoms with Crippen LogP contribution in [0.25, 0.3) is 0 Å². The molecule has 5 heteroatoms. The molecule has 1 aliphatic heterocycles. The highest BCUT2D eigenvalue weighted by molar-refractivity contribution is 5.94. The second-order valence-corrected chi connectivity index (χ2v) is 5.05. The van der Waals surface area contributed by atoms with Crippen molar-refractivity contribution in [2.45, 2.75) is 19.5 Å². The first-order chi connectivity index (χ1) is 9.74. The quantitative estimate of drug-likeness (QED) is 0.874. The number of benzene rings is 1. The van der Waals surface area contributed by atoms with Crippen LogP contribution < -0.4 is 10.6 Å². The van der Waals surface area contributed by atoms with E-state index in [-0.39, 0.29) is 5.91 Å². The summed E-state index contributed by atoms with van der Waals surface area (Å²) in [5.74, 6) is 0.801. The lowest BCUT2D eigenvalue weighted by atomic mass is 9.98. The predicted octanol–water partition coefficient (Wildman–Crippen LogP) is 0.996. The summed E-state index contributed by atoms with van der Waals surface area (Å²) >= 11 is 0. The van der Waals surface area contributed by atoms with Crippen molar-refractivity contribution >= 4 is 5.91 Å². The van der Waals surface area contributed by atoms with Crippen LogP contribution in [0, 0.1) is 0 Å². The summed E-state index contributed by atoms with van der Waals surface area (Å²) in [6.45, 7) is 2.32. The lowest BCUT2D eigenvalue weighted by Gasteiger charge is -2.17. The molecule has 0 fully saturated rings. The fourth-order valence-electron chi connectivity index (χ4n) is 2.45. The van der Waals surface area contributed by atoms with Gasteiger partial charge in [-0.2, -0.15) is 0 Å². The number of imidazole rings is 1. The van der Waals surface area contributed by atoms with E-state index in [1.54, 1.807) is 6.20 Å². The van der Waals surface area contributed by atoms with E-state index in [0.29, 0.717) is 6.54 Å². The van der Waals surface area contributed by atoms with Crippen molar-refractivity contribution in [1.29, 1.82) is 0 Å². The molecule has 0 aliphatic carbocycles. The first-order valence-electron chi connectivity index (χ1n) is 6.81. The average Bonchev–Trinajstić information content (AvgIpc) is 2.89. The predicted molar refractivity (Wildman–Crippen MR) is 76.2 cm³/mol. The third kappa shape index (κ3) is 2.58. The van der Waals surface area contributed by atoms with Gasteiger partial charge in [-0.3, -0.25) is 4.79 Å². The second-order valence-electron chi connectivity index (χ2n) is 5.05. The minimum atomic E-state index is -0.0469. The molecule has 0 spiro atoms. The minimum Gasteiger partial charge on any atom is -0.345 e. The molecule has 0 saturated heterocycles. The molecule has 2 aromatic rings. The van der Waals surface area contributed by atoms with Gasteiger partial charge < -0.3 is 15.2 Å². The van der Waals surface area contributed by atoms with Crippen LogP contribution >= 0.6 is 0 Å². The summed E-state index contributed by atoms with van der Waals surface area (Å²) in [6, 6.07) is 5.93. The number of carbonyl (C=O) groups excluding carboxylic acids is 1. The number of hydrogen-bond donors (Lipinski definition) is 2. The number of nitrogens with one attached hydrogen (secondary N) is 2. The fourth-order valence-corrected chi connectivity index (χ4v) is 2.45. The molecule has 20 heavy (non-hydrogen) atoms. The van der Waals surface area contributed by atoms with E-state index < -0.39 is 0 Å². The normalized spacial score (nSPS) is 13.8. The second kappa shape index (κ2) is 5.46. The zero-order valence-corrected chi connectivity index (χ0v) is 11.5. The minimum absolute atomic E-state index is 0.0469. The van der Waals surface area contributed by atoms with Crippen molar-refractivity contribution in [3.8, 4) is 0 Å². The lowest BCUT2D eigenvalue weighted by molar-refractivity contribution is 0.0949. The van der Waals surface area contributed by atoms with Crippen molar-refractivity contribution in [1.82, 2.24) is 20.2 Å². The molecule has 3 rings (SSSR count). The molecule has 5 nitrogen and oxygen atoms in total. The van der Waals surface area contributed by atoms with Crippen LogP contribution in [0.1, 0.15) is 27.3 Å². The van der Waals surface area contributed by atoms with E-state index in [1.165, 1.54) is 11.1 Å². The maximum Gasteiger partial charge on any atom is 0.251 e. The zero-order valence-electron chi connectivity index (χ0n) is 11.5. The van der Waals surface area contributed by atoms with Crippen molar-refractivity contribution in [2.75, 3.05) is 6.54 Å². The Bertz CT molecular complexity index is 633. The van der Waals surface area contributed by atoms with Gasteiger partial charge in [0.1, 0.15) is 5.82 Å². The maximum atomic E-state index is 12.2. The summed E-state index contributed by atoms with van der Waals surface area (Å²) < 4.78 is 1.90. The number of carbonyl (C=O) groups is 1. The smallest absolute Gasteiger partial charge is 0.251 e. The van der Waals surface area contributed by atoms with Crippen LogP contribution in [0.3, 0.4) is 0 Å². The summed E-state index contributed by atoms with van der Waals surface area (Å²) in [6.07, 6.45) is 4.58. The third-order valence-corrected chi connectivity index (χ3v) is 3.68. The molecule has 0 bridgehead atoms. The first-order valence-corrected chi connectivity index (χ1v) is 6.81. The highest BCUT2D eigenvalue weighted by Crippen LogP contribution is 2.15. The van der Waals surface area contributed by atoms with Gasteiger partial charge >= 0.3 is 0 Å². The number of rotatable bonds is 3. The van der Waals surface area contributed by atoms with Crippen LogP contribution in [0.2, 0.25) is 0 Å². The van der Waals surface area contributed by atoms with Crippen LogP contribution in [-0.2, 0) is 26.6 Å². The Morgan fingerprint density at radius 3 is 3.15 bits per heavy atom. The van der Waals surface area contributed by atoms with Gasteiger partial charge in [-0.15, -0.1) is 0 Å². The van der Waals surface area contributed by atoms with E-state index >= 15 is 0 Å². The molecule has 0 unspecified atom stereocenters.